The summed E-state index contributed by atoms with van der Waals surface area (Å²) in [5.41, 5.74) is 0. The van der Waals surface area contributed by atoms with E-state index in [2.05, 4.69) is 20.8 Å². The fourth-order valence-corrected chi connectivity index (χ4v) is 4.01. The van der Waals surface area contributed by atoms with Crippen LogP contribution in [0.3, 0.4) is 0 Å². The molecule has 0 heterocycles. The van der Waals surface area contributed by atoms with Crippen LogP contribution in [0.4, 0.5) is 0 Å². The molecule has 19 heavy (non-hydrogen) atoms. The van der Waals surface area contributed by atoms with Crippen molar-refractivity contribution in [1.82, 2.24) is 0 Å². The zero-order chi connectivity index (χ0) is 13.9. The monoisotopic (exact) mass is 266 g/mol. The highest BCUT2D eigenvalue weighted by atomic mass is 14.3. The highest BCUT2D eigenvalue weighted by molar-refractivity contribution is 4.76. The maximum Gasteiger partial charge on any atom is -0.0363 e. The predicted octanol–water partition coefficient (Wildman–Crippen LogP) is 6.98. The van der Waals surface area contributed by atoms with Crippen molar-refractivity contribution in [3.63, 3.8) is 0 Å². The minimum absolute atomic E-state index is 0.906. The molecular weight excluding hydrogens is 228 g/mol. The van der Waals surface area contributed by atoms with Crippen LogP contribution in [0.1, 0.15) is 104 Å². The van der Waals surface area contributed by atoms with Gasteiger partial charge in [0.25, 0.3) is 0 Å². The van der Waals surface area contributed by atoms with Gasteiger partial charge < -0.3 is 0 Å². The summed E-state index contributed by atoms with van der Waals surface area (Å²) >= 11 is 0. The smallest absolute Gasteiger partial charge is 0.0363 e. The summed E-state index contributed by atoms with van der Waals surface area (Å²) in [5, 5.41) is 0. The molecule has 0 aromatic heterocycles. The summed E-state index contributed by atoms with van der Waals surface area (Å²) in [5.74, 6) is 2.99. The van der Waals surface area contributed by atoms with E-state index in [1.54, 1.807) is 0 Å². The lowest BCUT2D eigenvalue weighted by molar-refractivity contribution is 0.180. The van der Waals surface area contributed by atoms with Gasteiger partial charge in [-0.2, -0.15) is 0 Å². The van der Waals surface area contributed by atoms with E-state index in [0.29, 0.717) is 0 Å². The van der Waals surface area contributed by atoms with Crippen LogP contribution < -0.4 is 0 Å². The fourth-order valence-electron chi connectivity index (χ4n) is 4.01. The van der Waals surface area contributed by atoms with Gasteiger partial charge in [-0.1, -0.05) is 97.8 Å². The number of hydrogen-bond acceptors (Lipinski definition) is 0. The van der Waals surface area contributed by atoms with Crippen molar-refractivity contribution in [3.05, 3.63) is 0 Å². The molecule has 0 saturated heterocycles. The molecule has 1 rings (SSSR count). The Bertz CT molecular complexity index is 188. The predicted molar refractivity (Wildman–Crippen MR) is 87.5 cm³/mol. The Hall–Kier alpha value is 0. The molecular formula is C19H38. The first kappa shape index (κ1) is 17.1. The van der Waals surface area contributed by atoms with Gasteiger partial charge in [0.1, 0.15) is 0 Å². The summed E-state index contributed by atoms with van der Waals surface area (Å²) in [6.07, 6.45) is 19.3. The summed E-state index contributed by atoms with van der Waals surface area (Å²) in [7, 11) is 0. The minimum Gasteiger partial charge on any atom is -0.0654 e. The average molecular weight is 267 g/mol. The van der Waals surface area contributed by atoms with Gasteiger partial charge in [0, 0.05) is 0 Å². The number of hydrogen-bond donors (Lipinski definition) is 0. The van der Waals surface area contributed by atoms with Crippen LogP contribution in [-0.4, -0.2) is 0 Å². The van der Waals surface area contributed by atoms with Crippen LogP contribution in [-0.2, 0) is 0 Å². The summed E-state index contributed by atoms with van der Waals surface area (Å²) < 4.78 is 0. The van der Waals surface area contributed by atoms with Crippen molar-refractivity contribution in [2.45, 2.75) is 104 Å². The molecule has 1 unspecified atom stereocenters. The largest absolute Gasteiger partial charge is 0.0654 e. The topological polar surface area (TPSA) is 0 Å². The van der Waals surface area contributed by atoms with E-state index in [-0.39, 0.29) is 0 Å². The van der Waals surface area contributed by atoms with Crippen molar-refractivity contribution in [3.8, 4) is 0 Å². The van der Waals surface area contributed by atoms with Crippen molar-refractivity contribution >= 4 is 0 Å². The third kappa shape index (κ3) is 7.37. The molecule has 114 valence electrons. The molecule has 0 nitrogen and oxygen atoms in total. The third-order valence-electron chi connectivity index (χ3n) is 5.25. The summed E-state index contributed by atoms with van der Waals surface area (Å²) in [6.45, 7) is 7.22. The van der Waals surface area contributed by atoms with Gasteiger partial charge in [-0.25, -0.2) is 0 Å². The molecule has 1 fully saturated rings. The van der Waals surface area contributed by atoms with Crippen LogP contribution in [0.25, 0.3) is 0 Å². The molecule has 0 radical (unpaired) electrons. The Labute approximate surface area is 122 Å². The van der Waals surface area contributed by atoms with E-state index in [0.717, 1.165) is 17.8 Å². The van der Waals surface area contributed by atoms with Crippen molar-refractivity contribution in [1.29, 1.82) is 0 Å². The van der Waals surface area contributed by atoms with Gasteiger partial charge in [-0.05, 0) is 24.2 Å². The second-order valence-corrected chi connectivity index (χ2v) is 7.22. The van der Waals surface area contributed by atoms with E-state index < -0.39 is 0 Å². The lowest BCUT2D eigenvalue weighted by atomic mass is 9.73. The molecule has 0 aliphatic heterocycles. The molecule has 1 saturated carbocycles. The lowest BCUT2D eigenvalue weighted by Gasteiger charge is -2.33. The molecule has 0 heteroatoms. The van der Waals surface area contributed by atoms with Crippen LogP contribution >= 0.6 is 0 Å². The Morgan fingerprint density at radius 2 is 1.37 bits per heavy atom. The van der Waals surface area contributed by atoms with Crippen LogP contribution in [0.2, 0.25) is 0 Å². The van der Waals surface area contributed by atoms with Gasteiger partial charge in [0.2, 0.25) is 0 Å². The van der Waals surface area contributed by atoms with Crippen molar-refractivity contribution < 1.29 is 0 Å². The molecule has 0 aromatic carbocycles. The molecule has 1 atom stereocenters. The Balaban J connectivity index is 2.11. The summed E-state index contributed by atoms with van der Waals surface area (Å²) in [6, 6.07) is 0. The van der Waals surface area contributed by atoms with Gasteiger partial charge in [0.05, 0.1) is 0 Å². The van der Waals surface area contributed by atoms with Crippen LogP contribution in [0, 0.1) is 17.8 Å². The molecule has 0 aromatic rings. The van der Waals surface area contributed by atoms with E-state index in [9.17, 15) is 0 Å². The SMILES string of the molecule is CCCCCCCCCC(C(C)C)C1CCCCC1. The van der Waals surface area contributed by atoms with E-state index in [4.69, 9.17) is 0 Å². The second kappa shape index (κ2) is 10.7. The minimum atomic E-state index is 0.906. The highest BCUT2D eigenvalue weighted by Crippen LogP contribution is 2.36. The van der Waals surface area contributed by atoms with Gasteiger partial charge >= 0.3 is 0 Å². The van der Waals surface area contributed by atoms with E-state index in [1.807, 2.05) is 0 Å². The highest BCUT2D eigenvalue weighted by Gasteiger charge is 2.25. The van der Waals surface area contributed by atoms with Gasteiger partial charge in [-0.3, -0.25) is 0 Å². The van der Waals surface area contributed by atoms with Gasteiger partial charge in [0.15, 0.2) is 0 Å². The molecule has 1 aliphatic carbocycles. The standard InChI is InChI=1S/C19H38/c1-4-5-6-7-8-9-13-16-19(17(2)3)18-14-11-10-12-15-18/h17-19H,4-16H2,1-3H3. The molecule has 0 N–H and O–H groups in total. The Kier molecular flexibility index (Phi) is 9.65. The Morgan fingerprint density at radius 1 is 0.789 bits per heavy atom. The first-order valence-corrected chi connectivity index (χ1v) is 9.25. The zero-order valence-electron chi connectivity index (χ0n) is 13.9. The molecule has 1 aliphatic rings. The summed E-state index contributed by atoms with van der Waals surface area (Å²) in [4.78, 5) is 0. The molecule has 0 amide bonds. The van der Waals surface area contributed by atoms with Crippen LogP contribution in [0.15, 0.2) is 0 Å². The average Bonchev–Trinajstić information content (AvgIpc) is 2.42. The molecule has 0 bridgehead atoms. The second-order valence-electron chi connectivity index (χ2n) is 7.22. The lowest BCUT2D eigenvalue weighted by Crippen LogP contribution is -2.22. The zero-order valence-corrected chi connectivity index (χ0v) is 13.9. The third-order valence-corrected chi connectivity index (χ3v) is 5.25. The maximum atomic E-state index is 2.46. The van der Waals surface area contributed by atoms with E-state index >= 15 is 0 Å². The fraction of sp³-hybridized carbons (Fsp3) is 1.00. The van der Waals surface area contributed by atoms with Crippen molar-refractivity contribution in [2.24, 2.45) is 17.8 Å². The molecule has 0 spiro atoms. The Morgan fingerprint density at radius 3 is 1.95 bits per heavy atom. The quantitative estimate of drug-likeness (QED) is 0.374. The van der Waals surface area contributed by atoms with Gasteiger partial charge in [-0.15, -0.1) is 0 Å². The van der Waals surface area contributed by atoms with Crippen molar-refractivity contribution in [2.75, 3.05) is 0 Å². The first-order chi connectivity index (χ1) is 9.25. The number of rotatable bonds is 10. The normalized spacial score (nSPS) is 18.9. The maximum absolute atomic E-state index is 2.46. The van der Waals surface area contributed by atoms with Crippen LogP contribution in [0.5, 0.6) is 0 Å². The first-order valence-electron chi connectivity index (χ1n) is 9.25. The van der Waals surface area contributed by atoms with E-state index in [1.165, 1.54) is 83.5 Å². The number of unbranched alkanes of at least 4 members (excludes halogenated alkanes) is 6.